The van der Waals surface area contributed by atoms with Crippen LogP contribution in [-0.2, 0) is 12.6 Å². The van der Waals surface area contributed by atoms with E-state index in [0.717, 1.165) is 33.0 Å². The first-order chi connectivity index (χ1) is 18.7. The first-order valence-electron chi connectivity index (χ1n) is 11.8. The highest BCUT2D eigenvalue weighted by Crippen LogP contribution is 2.33. The Hall–Kier alpha value is -3.82. The lowest BCUT2D eigenvalue weighted by molar-refractivity contribution is -0.137. The van der Waals surface area contributed by atoms with Crippen LogP contribution in [0.2, 0.25) is 0 Å². The molecule has 3 amide bonds. The molecule has 1 saturated heterocycles. The first-order valence-corrected chi connectivity index (χ1v) is 13.5. The zero-order valence-electron chi connectivity index (χ0n) is 20.2. The predicted octanol–water partition coefficient (Wildman–Crippen LogP) is 4.67. The summed E-state index contributed by atoms with van der Waals surface area (Å²) in [6, 6.07) is 3.78. The zero-order valence-corrected chi connectivity index (χ0v) is 21.8. The van der Waals surface area contributed by atoms with E-state index in [2.05, 4.69) is 30.9 Å². The normalized spacial score (nSPS) is 15.5. The third-order valence-corrected chi connectivity index (χ3v) is 7.78. The Balaban J connectivity index is 1.20. The number of anilines is 3. The van der Waals surface area contributed by atoms with Crippen molar-refractivity contribution in [2.75, 3.05) is 35.6 Å². The van der Waals surface area contributed by atoms with Gasteiger partial charge in [-0.3, -0.25) is 10.1 Å². The Morgan fingerprint density at radius 3 is 2.77 bits per heavy atom. The summed E-state index contributed by atoms with van der Waals surface area (Å²) in [6.07, 6.45) is -1.40. The standard InChI is InChI=1S/C24H22F3N7O3S2/c25-24(26,27)14-7-13(21(36)34-5-2-16(35)11-34)8-15(9-14)32-22(37)33-23-29-10-17(39-23)1-4-28-20-19-18(3-6-38-19)30-12-31-20/h3,6-10,12,16,35H,1-2,4-5,11H2,(H,28,30,31)(H2,29,32,33,37)/t16-/m1/s1. The molecule has 1 aliphatic heterocycles. The Bertz CT molecular complexity index is 1510. The van der Waals surface area contributed by atoms with E-state index in [9.17, 15) is 27.9 Å². The summed E-state index contributed by atoms with van der Waals surface area (Å²) in [4.78, 5) is 40.0. The third-order valence-electron chi connectivity index (χ3n) is 5.90. The average molecular weight is 578 g/mol. The molecule has 4 aromatic rings. The molecule has 4 N–H and O–H groups in total. The van der Waals surface area contributed by atoms with Crippen molar-refractivity contribution in [1.29, 1.82) is 0 Å². The number of amides is 3. The summed E-state index contributed by atoms with van der Waals surface area (Å²) in [6.45, 7) is 0.837. The van der Waals surface area contributed by atoms with Gasteiger partial charge in [0.15, 0.2) is 5.13 Å². The highest BCUT2D eigenvalue weighted by molar-refractivity contribution is 7.17. The maximum atomic E-state index is 13.5. The zero-order chi connectivity index (χ0) is 27.6. The second-order valence-electron chi connectivity index (χ2n) is 8.74. The summed E-state index contributed by atoms with van der Waals surface area (Å²) < 4.78 is 41.4. The van der Waals surface area contributed by atoms with Crippen LogP contribution in [0.5, 0.6) is 0 Å². The van der Waals surface area contributed by atoms with Crippen molar-refractivity contribution in [3.05, 3.63) is 58.2 Å². The molecular formula is C24H22F3N7O3S2. The van der Waals surface area contributed by atoms with Crippen LogP contribution in [0.4, 0.5) is 34.6 Å². The fourth-order valence-corrected chi connectivity index (χ4v) is 5.67. The van der Waals surface area contributed by atoms with Gasteiger partial charge in [-0.25, -0.2) is 19.7 Å². The number of β-amino-alcohol motifs (C(OH)–C–C–N with tert-alkyl or cyclic N) is 1. The number of fused-ring (bicyclic) bond motifs is 1. The number of nitrogens with zero attached hydrogens (tertiary/aromatic N) is 4. The maximum Gasteiger partial charge on any atom is 0.416 e. The number of benzene rings is 1. The number of aromatic nitrogens is 3. The number of alkyl halides is 3. The maximum absolute atomic E-state index is 13.5. The molecule has 10 nitrogen and oxygen atoms in total. The number of hydrogen-bond acceptors (Lipinski definition) is 9. The van der Waals surface area contributed by atoms with Crippen LogP contribution in [-0.4, -0.2) is 62.6 Å². The van der Waals surface area contributed by atoms with E-state index < -0.39 is 29.8 Å². The number of nitrogens with one attached hydrogen (secondary N) is 3. The number of thiazole rings is 1. The molecule has 0 bridgehead atoms. The molecule has 4 heterocycles. The number of urea groups is 1. The number of carbonyl (C=O) groups excluding carboxylic acids is 2. The predicted molar refractivity (Wildman–Crippen MR) is 142 cm³/mol. The van der Waals surface area contributed by atoms with E-state index in [4.69, 9.17) is 0 Å². The monoisotopic (exact) mass is 577 g/mol. The van der Waals surface area contributed by atoms with Crippen LogP contribution in [0.3, 0.4) is 0 Å². The highest BCUT2D eigenvalue weighted by Gasteiger charge is 2.33. The minimum absolute atomic E-state index is 0.0394. The molecule has 0 aliphatic carbocycles. The number of hydrogen-bond donors (Lipinski definition) is 4. The van der Waals surface area contributed by atoms with Gasteiger partial charge in [0.2, 0.25) is 0 Å². The van der Waals surface area contributed by atoms with Crippen molar-refractivity contribution in [2.45, 2.75) is 25.1 Å². The van der Waals surface area contributed by atoms with Gasteiger partial charge in [0, 0.05) is 48.4 Å². The summed E-state index contributed by atoms with van der Waals surface area (Å²) >= 11 is 2.76. The van der Waals surface area contributed by atoms with Gasteiger partial charge in [-0.2, -0.15) is 13.2 Å². The van der Waals surface area contributed by atoms with Gasteiger partial charge in [-0.05, 0) is 36.1 Å². The van der Waals surface area contributed by atoms with E-state index in [0.29, 0.717) is 19.4 Å². The number of thiophene rings is 1. The summed E-state index contributed by atoms with van der Waals surface area (Å²) in [5.41, 5.74) is -0.645. The summed E-state index contributed by atoms with van der Waals surface area (Å²) in [5.74, 6) is 0.0816. The Labute approximate surface area is 227 Å². The number of halogens is 3. The molecule has 3 aromatic heterocycles. The molecule has 1 fully saturated rings. The number of carbonyl (C=O) groups is 2. The lowest BCUT2D eigenvalue weighted by Gasteiger charge is -2.18. The van der Waals surface area contributed by atoms with Crippen molar-refractivity contribution >= 4 is 61.5 Å². The average Bonchev–Trinajstić information content (AvgIpc) is 3.64. The van der Waals surface area contributed by atoms with Gasteiger partial charge in [0.1, 0.15) is 12.1 Å². The number of aliphatic hydroxyl groups excluding tert-OH is 1. The topological polar surface area (TPSA) is 132 Å². The molecular weight excluding hydrogens is 555 g/mol. The van der Waals surface area contributed by atoms with Crippen molar-refractivity contribution in [3.8, 4) is 0 Å². The number of likely N-dealkylation sites (tertiary alicyclic amines) is 1. The molecule has 0 saturated carbocycles. The van der Waals surface area contributed by atoms with E-state index in [1.54, 1.807) is 6.20 Å². The molecule has 15 heteroatoms. The Morgan fingerprint density at radius 2 is 2.00 bits per heavy atom. The van der Waals surface area contributed by atoms with Crippen LogP contribution in [0.15, 0.2) is 42.2 Å². The molecule has 1 atom stereocenters. The van der Waals surface area contributed by atoms with E-state index >= 15 is 0 Å². The fourth-order valence-electron chi connectivity index (χ4n) is 4.05. The largest absolute Gasteiger partial charge is 0.416 e. The second-order valence-corrected chi connectivity index (χ2v) is 10.8. The van der Waals surface area contributed by atoms with Gasteiger partial charge in [-0.15, -0.1) is 22.7 Å². The minimum atomic E-state index is -4.73. The van der Waals surface area contributed by atoms with Crippen LogP contribution in [0, 0.1) is 0 Å². The Kier molecular flexibility index (Phi) is 7.63. The smallest absolute Gasteiger partial charge is 0.391 e. The molecule has 39 heavy (non-hydrogen) atoms. The lowest BCUT2D eigenvalue weighted by Crippen LogP contribution is -2.30. The van der Waals surface area contributed by atoms with Crippen LogP contribution in [0.25, 0.3) is 10.2 Å². The molecule has 1 aliphatic rings. The van der Waals surface area contributed by atoms with Gasteiger partial charge in [-0.1, -0.05) is 0 Å². The molecule has 204 valence electrons. The van der Waals surface area contributed by atoms with Crippen LogP contribution in [0.1, 0.15) is 27.2 Å². The van der Waals surface area contributed by atoms with E-state index in [1.165, 1.54) is 40.0 Å². The summed E-state index contributed by atoms with van der Waals surface area (Å²) in [5, 5.41) is 20.0. The Morgan fingerprint density at radius 1 is 1.15 bits per heavy atom. The molecule has 5 rings (SSSR count). The van der Waals surface area contributed by atoms with Gasteiger partial charge < -0.3 is 20.6 Å². The summed E-state index contributed by atoms with van der Waals surface area (Å²) in [7, 11) is 0. The van der Waals surface area contributed by atoms with Crippen molar-refractivity contribution in [1.82, 2.24) is 19.9 Å². The minimum Gasteiger partial charge on any atom is -0.391 e. The molecule has 0 unspecified atom stereocenters. The van der Waals surface area contributed by atoms with Crippen molar-refractivity contribution in [2.24, 2.45) is 0 Å². The molecule has 0 radical (unpaired) electrons. The number of aliphatic hydroxyl groups is 1. The van der Waals surface area contributed by atoms with Crippen LogP contribution < -0.4 is 16.0 Å². The van der Waals surface area contributed by atoms with Gasteiger partial charge in [0.05, 0.1) is 21.9 Å². The number of rotatable bonds is 7. The highest BCUT2D eigenvalue weighted by atomic mass is 32.1. The second kappa shape index (κ2) is 11.1. The van der Waals surface area contributed by atoms with E-state index in [-0.39, 0.29) is 29.5 Å². The third kappa shape index (κ3) is 6.43. The molecule has 0 spiro atoms. The van der Waals surface area contributed by atoms with Gasteiger partial charge in [0.25, 0.3) is 5.91 Å². The SMILES string of the molecule is O=C(Nc1cc(C(=O)N2CC[C@@H](O)C2)cc(C(F)(F)F)c1)Nc1ncc(CCNc2ncnc3ccsc23)s1. The van der Waals surface area contributed by atoms with Crippen molar-refractivity contribution in [3.63, 3.8) is 0 Å². The van der Waals surface area contributed by atoms with Crippen LogP contribution >= 0.6 is 22.7 Å². The lowest BCUT2D eigenvalue weighted by atomic mass is 10.1. The fraction of sp³-hybridized carbons (Fsp3) is 0.292. The quantitative estimate of drug-likeness (QED) is 0.251. The molecule has 1 aromatic carbocycles. The van der Waals surface area contributed by atoms with Gasteiger partial charge >= 0.3 is 12.2 Å². The first kappa shape index (κ1) is 26.8. The van der Waals surface area contributed by atoms with E-state index in [1.807, 2.05) is 11.4 Å². The van der Waals surface area contributed by atoms with Crippen molar-refractivity contribution < 1.29 is 27.9 Å².